The molecule has 6 heteroatoms. The summed E-state index contributed by atoms with van der Waals surface area (Å²) in [5.74, 6) is 0.000219. The number of amides is 1. The van der Waals surface area contributed by atoms with Gasteiger partial charge in [0.25, 0.3) is 0 Å². The van der Waals surface area contributed by atoms with Crippen LogP contribution in [-0.2, 0) is 4.79 Å². The van der Waals surface area contributed by atoms with Crippen molar-refractivity contribution in [3.05, 3.63) is 23.8 Å². The van der Waals surface area contributed by atoms with Gasteiger partial charge in [-0.3, -0.25) is 4.79 Å². The molecule has 1 aliphatic rings. The van der Waals surface area contributed by atoms with Crippen LogP contribution in [0, 0.1) is 6.92 Å². The van der Waals surface area contributed by atoms with E-state index in [1.807, 2.05) is 6.07 Å². The molecule has 0 aromatic heterocycles. The summed E-state index contributed by atoms with van der Waals surface area (Å²) >= 11 is 6.91. The lowest BCUT2D eigenvalue weighted by atomic mass is 10.1. The zero-order valence-corrected chi connectivity index (χ0v) is 16.7. The van der Waals surface area contributed by atoms with Crippen molar-refractivity contribution in [2.45, 2.75) is 40.5 Å². The SMILES string of the molecule is CCN(CC)c1ccc(N(SC(=S)N2CCCC2)C(C)=O)c(C)c1. The van der Waals surface area contributed by atoms with Crippen molar-refractivity contribution < 1.29 is 4.79 Å². The van der Waals surface area contributed by atoms with Crippen molar-refractivity contribution in [2.24, 2.45) is 0 Å². The molecule has 0 atom stereocenters. The van der Waals surface area contributed by atoms with Crippen molar-refractivity contribution in [3.63, 3.8) is 0 Å². The molecule has 0 N–H and O–H groups in total. The Balaban J connectivity index is 2.21. The van der Waals surface area contributed by atoms with Gasteiger partial charge in [0, 0.05) is 50.7 Å². The van der Waals surface area contributed by atoms with Gasteiger partial charge >= 0.3 is 0 Å². The van der Waals surface area contributed by atoms with E-state index < -0.39 is 0 Å². The van der Waals surface area contributed by atoms with Crippen LogP contribution >= 0.6 is 24.2 Å². The number of hydrogen-bond acceptors (Lipinski definition) is 4. The maximum atomic E-state index is 12.2. The molecule has 4 nitrogen and oxygen atoms in total. The predicted octanol–water partition coefficient (Wildman–Crippen LogP) is 4.22. The van der Waals surface area contributed by atoms with E-state index in [2.05, 4.69) is 42.7 Å². The van der Waals surface area contributed by atoms with Crippen molar-refractivity contribution in [1.82, 2.24) is 4.90 Å². The predicted molar refractivity (Wildman–Crippen MR) is 109 cm³/mol. The van der Waals surface area contributed by atoms with Crippen LogP contribution in [0.5, 0.6) is 0 Å². The number of benzene rings is 1. The Hall–Kier alpha value is -1.27. The second kappa shape index (κ2) is 8.72. The lowest BCUT2D eigenvalue weighted by Crippen LogP contribution is -2.30. The molecule has 1 saturated heterocycles. The first-order chi connectivity index (χ1) is 11.5. The van der Waals surface area contributed by atoms with E-state index in [9.17, 15) is 4.79 Å². The fourth-order valence-electron chi connectivity index (χ4n) is 2.97. The number of thiocarbonyl (C=S) groups is 1. The summed E-state index contributed by atoms with van der Waals surface area (Å²) in [6, 6.07) is 6.27. The summed E-state index contributed by atoms with van der Waals surface area (Å²) in [4.78, 5) is 16.7. The quantitative estimate of drug-likeness (QED) is 0.588. The Labute approximate surface area is 155 Å². The first kappa shape index (κ1) is 19.1. The van der Waals surface area contributed by atoms with Crippen LogP contribution in [0.4, 0.5) is 11.4 Å². The fraction of sp³-hybridized carbons (Fsp3) is 0.556. The van der Waals surface area contributed by atoms with Crippen LogP contribution in [0.1, 0.15) is 39.2 Å². The minimum absolute atomic E-state index is 0.000219. The van der Waals surface area contributed by atoms with Gasteiger partial charge in [0.1, 0.15) is 0 Å². The smallest absolute Gasteiger partial charge is 0.234 e. The molecule has 0 bridgehead atoms. The Morgan fingerprint density at radius 1 is 1.25 bits per heavy atom. The number of anilines is 2. The summed E-state index contributed by atoms with van der Waals surface area (Å²) in [6.07, 6.45) is 2.36. The van der Waals surface area contributed by atoms with Gasteiger partial charge in [-0.05, 0) is 57.4 Å². The number of carbonyl (C=O) groups excluding carboxylic acids is 1. The summed E-state index contributed by atoms with van der Waals surface area (Å²) in [5.41, 5.74) is 3.20. The average Bonchev–Trinajstić information content (AvgIpc) is 3.08. The molecule has 0 saturated carbocycles. The van der Waals surface area contributed by atoms with Gasteiger partial charge in [0.2, 0.25) is 5.91 Å². The third-order valence-corrected chi connectivity index (χ3v) is 5.88. The second-order valence-electron chi connectivity index (χ2n) is 6.01. The summed E-state index contributed by atoms with van der Waals surface area (Å²) < 4.78 is 2.51. The summed E-state index contributed by atoms with van der Waals surface area (Å²) in [7, 11) is 0. The third-order valence-electron chi connectivity index (χ3n) is 4.35. The molecule has 2 rings (SSSR count). The summed E-state index contributed by atoms with van der Waals surface area (Å²) in [5, 5.41) is 0. The lowest BCUT2D eigenvalue weighted by Gasteiger charge is -2.27. The topological polar surface area (TPSA) is 26.8 Å². The maximum absolute atomic E-state index is 12.2. The Morgan fingerprint density at radius 2 is 1.88 bits per heavy atom. The van der Waals surface area contributed by atoms with E-state index in [0.717, 1.165) is 41.8 Å². The van der Waals surface area contributed by atoms with E-state index >= 15 is 0 Å². The average molecular weight is 366 g/mol. The van der Waals surface area contributed by atoms with Gasteiger partial charge < -0.3 is 9.80 Å². The highest BCUT2D eigenvalue weighted by atomic mass is 32.2. The molecular weight excluding hydrogens is 338 g/mol. The number of aryl methyl sites for hydroxylation is 1. The van der Waals surface area contributed by atoms with Crippen LogP contribution in [0.2, 0.25) is 0 Å². The second-order valence-corrected chi connectivity index (χ2v) is 7.59. The molecule has 132 valence electrons. The molecule has 1 aliphatic heterocycles. The zero-order chi connectivity index (χ0) is 17.7. The normalized spacial score (nSPS) is 13.9. The molecule has 0 spiro atoms. The van der Waals surface area contributed by atoms with Crippen molar-refractivity contribution in [3.8, 4) is 0 Å². The highest BCUT2D eigenvalue weighted by molar-refractivity contribution is 8.24. The number of carbonyl (C=O) groups is 1. The number of likely N-dealkylation sites (tertiary alicyclic amines) is 1. The van der Waals surface area contributed by atoms with Crippen molar-refractivity contribution in [2.75, 3.05) is 35.4 Å². The molecule has 1 aromatic carbocycles. The van der Waals surface area contributed by atoms with Crippen molar-refractivity contribution in [1.29, 1.82) is 0 Å². The molecule has 0 unspecified atom stereocenters. The maximum Gasteiger partial charge on any atom is 0.234 e. The molecule has 0 radical (unpaired) electrons. The van der Waals surface area contributed by atoms with Gasteiger partial charge in [0.05, 0.1) is 5.69 Å². The van der Waals surface area contributed by atoms with Gasteiger partial charge in [0.15, 0.2) is 4.32 Å². The Kier molecular flexibility index (Phi) is 6.92. The van der Waals surface area contributed by atoms with Crippen LogP contribution < -0.4 is 9.21 Å². The molecule has 1 fully saturated rings. The highest BCUT2D eigenvalue weighted by Gasteiger charge is 2.22. The fourth-order valence-corrected chi connectivity index (χ4v) is 4.26. The van der Waals surface area contributed by atoms with Crippen molar-refractivity contribution >= 4 is 45.8 Å². The molecule has 1 aromatic rings. The lowest BCUT2D eigenvalue weighted by molar-refractivity contribution is -0.115. The number of rotatable bonds is 4. The Bertz CT molecular complexity index is 596. The minimum Gasteiger partial charge on any atom is -0.372 e. The van der Waals surface area contributed by atoms with E-state index in [4.69, 9.17) is 12.2 Å². The standard InChI is InChI=1S/C18H27N3OS2/c1-5-19(6-2)16-9-10-17(14(3)13-16)21(15(4)22)24-18(23)20-11-7-8-12-20/h9-10,13H,5-8,11-12H2,1-4H3. The van der Waals surface area contributed by atoms with Gasteiger partial charge in [-0.15, -0.1) is 0 Å². The van der Waals surface area contributed by atoms with E-state index in [-0.39, 0.29) is 5.91 Å². The monoisotopic (exact) mass is 365 g/mol. The number of nitrogens with zero attached hydrogens (tertiary/aromatic N) is 3. The largest absolute Gasteiger partial charge is 0.372 e. The first-order valence-electron chi connectivity index (χ1n) is 8.61. The molecule has 24 heavy (non-hydrogen) atoms. The van der Waals surface area contributed by atoms with Gasteiger partial charge in [-0.25, -0.2) is 4.31 Å². The number of hydrogen-bond donors (Lipinski definition) is 0. The van der Waals surface area contributed by atoms with E-state index in [1.165, 1.54) is 30.5 Å². The zero-order valence-electron chi connectivity index (χ0n) is 15.0. The van der Waals surface area contributed by atoms with Gasteiger partial charge in [-0.1, -0.05) is 12.2 Å². The molecule has 0 aliphatic carbocycles. The van der Waals surface area contributed by atoms with Gasteiger partial charge in [-0.2, -0.15) is 0 Å². The van der Waals surface area contributed by atoms with E-state index in [1.54, 1.807) is 11.2 Å². The van der Waals surface area contributed by atoms with E-state index in [0.29, 0.717) is 0 Å². The first-order valence-corrected chi connectivity index (χ1v) is 9.79. The molecular formula is C18H27N3OS2. The molecule has 1 amide bonds. The van der Waals surface area contributed by atoms with Crippen LogP contribution in [0.3, 0.4) is 0 Å². The highest BCUT2D eigenvalue weighted by Crippen LogP contribution is 2.32. The van der Waals surface area contributed by atoms with Crippen LogP contribution in [-0.4, -0.2) is 41.3 Å². The minimum atomic E-state index is 0.000219. The van der Waals surface area contributed by atoms with Crippen LogP contribution in [0.15, 0.2) is 18.2 Å². The summed E-state index contributed by atoms with van der Waals surface area (Å²) in [6.45, 7) is 11.9. The Morgan fingerprint density at radius 3 is 2.38 bits per heavy atom. The van der Waals surface area contributed by atoms with Crippen LogP contribution in [0.25, 0.3) is 0 Å². The molecule has 1 heterocycles. The third kappa shape index (κ3) is 4.42.